The maximum Gasteiger partial charge on any atom is 0.183 e. The predicted molar refractivity (Wildman–Crippen MR) is 69.1 cm³/mol. The van der Waals surface area contributed by atoms with E-state index in [1.807, 2.05) is 18.2 Å². The normalized spacial score (nSPS) is 15.1. The van der Waals surface area contributed by atoms with Crippen LogP contribution < -0.4 is 0 Å². The van der Waals surface area contributed by atoms with E-state index in [1.165, 1.54) is 12.8 Å². The minimum absolute atomic E-state index is 0.592. The van der Waals surface area contributed by atoms with E-state index < -0.39 is 0 Å². The second-order valence-electron chi connectivity index (χ2n) is 4.70. The van der Waals surface area contributed by atoms with Crippen molar-refractivity contribution in [1.29, 1.82) is 0 Å². The second kappa shape index (κ2) is 3.63. The first-order valence-electron chi connectivity index (χ1n) is 6.18. The van der Waals surface area contributed by atoms with E-state index in [1.54, 1.807) is 6.20 Å². The molecular formula is C14H12N4. The first-order chi connectivity index (χ1) is 8.92. The molecule has 1 N–H and O–H groups in total. The standard InChI is InChI=1S/C14H12N4/c1-3-9-4-2-8-15-12(9)11(5-1)14-16-13(17-18-14)10-6-7-10/h1-5,8,10H,6-7H2,(H,16,17,18). The van der Waals surface area contributed by atoms with Crippen LogP contribution in [0.1, 0.15) is 24.6 Å². The summed E-state index contributed by atoms with van der Waals surface area (Å²) in [5, 5.41) is 8.48. The number of H-pyrrole nitrogens is 1. The largest absolute Gasteiger partial charge is 0.262 e. The maximum absolute atomic E-state index is 4.59. The van der Waals surface area contributed by atoms with E-state index in [4.69, 9.17) is 0 Å². The lowest BCUT2D eigenvalue weighted by Gasteiger charge is -2.00. The number of para-hydroxylation sites is 1. The van der Waals surface area contributed by atoms with Crippen molar-refractivity contribution in [2.45, 2.75) is 18.8 Å². The van der Waals surface area contributed by atoms with E-state index in [9.17, 15) is 0 Å². The van der Waals surface area contributed by atoms with Crippen molar-refractivity contribution in [3.8, 4) is 11.4 Å². The molecule has 0 bridgehead atoms. The summed E-state index contributed by atoms with van der Waals surface area (Å²) in [6.45, 7) is 0. The summed E-state index contributed by atoms with van der Waals surface area (Å²) in [6.07, 6.45) is 4.26. The van der Waals surface area contributed by atoms with Gasteiger partial charge in [0.05, 0.1) is 5.52 Å². The highest BCUT2D eigenvalue weighted by Crippen LogP contribution is 2.38. The molecule has 2 heterocycles. The van der Waals surface area contributed by atoms with Gasteiger partial charge in [0, 0.05) is 23.1 Å². The SMILES string of the molecule is c1cnc2c(-c3n[nH]c(C4CC4)n3)cccc2c1. The van der Waals surface area contributed by atoms with Crippen LogP contribution in [0.25, 0.3) is 22.3 Å². The molecule has 1 saturated carbocycles. The average Bonchev–Trinajstić information content (AvgIpc) is 3.16. The molecule has 2 aromatic heterocycles. The predicted octanol–water partition coefficient (Wildman–Crippen LogP) is 2.90. The molecule has 0 aliphatic heterocycles. The van der Waals surface area contributed by atoms with Crippen LogP contribution in [0, 0.1) is 0 Å². The van der Waals surface area contributed by atoms with Crippen LogP contribution in [0.4, 0.5) is 0 Å². The summed E-state index contributed by atoms with van der Waals surface area (Å²) < 4.78 is 0. The number of aromatic nitrogens is 4. The van der Waals surface area contributed by atoms with Crippen molar-refractivity contribution in [2.75, 3.05) is 0 Å². The average molecular weight is 236 g/mol. The van der Waals surface area contributed by atoms with Gasteiger partial charge in [0.15, 0.2) is 5.82 Å². The molecule has 1 aliphatic carbocycles. The number of benzene rings is 1. The molecule has 88 valence electrons. The molecule has 0 radical (unpaired) electrons. The fraction of sp³-hybridized carbons (Fsp3) is 0.214. The third-order valence-electron chi connectivity index (χ3n) is 3.34. The third-order valence-corrected chi connectivity index (χ3v) is 3.34. The molecule has 1 aliphatic rings. The Morgan fingerprint density at radius 3 is 2.89 bits per heavy atom. The van der Waals surface area contributed by atoms with Gasteiger partial charge in [0.2, 0.25) is 0 Å². The molecule has 3 aromatic rings. The number of hydrogen-bond donors (Lipinski definition) is 1. The minimum Gasteiger partial charge on any atom is -0.262 e. The van der Waals surface area contributed by atoms with Gasteiger partial charge in [0.1, 0.15) is 5.82 Å². The maximum atomic E-state index is 4.59. The van der Waals surface area contributed by atoms with Crippen LogP contribution in [0.2, 0.25) is 0 Å². The van der Waals surface area contributed by atoms with Gasteiger partial charge in [0.25, 0.3) is 0 Å². The van der Waals surface area contributed by atoms with Gasteiger partial charge in [-0.1, -0.05) is 18.2 Å². The molecule has 4 nitrogen and oxygen atoms in total. The van der Waals surface area contributed by atoms with Crippen molar-refractivity contribution >= 4 is 10.9 Å². The smallest absolute Gasteiger partial charge is 0.183 e. The van der Waals surface area contributed by atoms with Crippen LogP contribution in [0.3, 0.4) is 0 Å². The van der Waals surface area contributed by atoms with E-state index in [-0.39, 0.29) is 0 Å². The van der Waals surface area contributed by atoms with Crippen LogP contribution in [-0.4, -0.2) is 20.2 Å². The molecule has 4 heteroatoms. The van der Waals surface area contributed by atoms with E-state index in [0.29, 0.717) is 5.92 Å². The zero-order valence-electron chi connectivity index (χ0n) is 9.80. The van der Waals surface area contributed by atoms with Gasteiger partial charge in [-0.15, -0.1) is 0 Å². The Morgan fingerprint density at radius 2 is 2.00 bits per heavy atom. The van der Waals surface area contributed by atoms with E-state index in [2.05, 4.69) is 32.3 Å². The summed E-state index contributed by atoms with van der Waals surface area (Å²) in [6, 6.07) is 10.1. The fourth-order valence-electron chi connectivity index (χ4n) is 2.22. The molecule has 0 saturated heterocycles. The molecule has 0 amide bonds. The van der Waals surface area contributed by atoms with Gasteiger partial charge < -0.3 is 0 Å². The van der Waals surface area contributed by atoms with Crippen molar-refractivity contribution in [3.63, 3.8) is 0 Å². The summed E-state index contributed by atoms with van der Waals surface area (Å²) in [7, 11) is 0. The zero-order valence-corrected chi connectivity index (χ0v) is 9.80. The van der Waals surface area contributed by atoms with Crippen LogP contribution in [-0.2, 0) is 0 Å². The summed E-state index contributed by atoms with van der Waals surface area (Å²) >= 11 is 0. The molecule has 1 aromatic carbocycles. The first-order valence-corrected chi connectivity index (χ1v) is 6.18. The Kier molecular flexibility index (Phi) is 1.97. The second-order valence-corrected chi connectivity index (χ2v) is 4.70. The highest BCUT2D eigenvalue weighted by molar-refractivity contribution is 5.91. The van der Waals surface area contributed by atoms with Gasteiger partial charge >= 0.3 is 0 Å². The number of rotatable bonds is 2. The van der Waals surface area contributed by atoms with Crippen molar-refractivity contribution < 1.29 is 0 Å². The molecule has 4 rings (SSSR count). The third kappa shape index (κ3) is 1.49. The number of nitrogens with one attached hydrogen (secondary N) is 1. The number of nitrogens with zero attached hydrogens (tertiary/aromatic N) is 3. The van der Waals surface area contributed by atoms with Crippen molar-refractivity contribution in [2.24, 2.45) is 0 Å². The van der Waals surface area contributed by atoms with E-state index >= 15 is 0 Å². The van der Waals surface area contributed by atoms with Crippen LogP contribution >= 0.6 is 0 Å². The molecular weight excluding hydrogens is 224 g/mol. The highest BCUT2D eigenvalue weighted by atomic mass is 15.2. The first kappa shape index (κ1) is 9.76. The zero-order chi connectivity index (χ0) is 11.9. The number of fused-ring (bicyclic) bond motifs is 1. The van der Waals surface area contributed by atoms with Gasteiger partial charge in [-0.05, 0) is 25.0 Å². The lowest BCUT2D eigenvalue weighted by atomic mass is 10.1. The van der Waals surface area contributed by atoms with Gasteiger partial charge in [-0.3, -0.25) is 10.1 Å². The summed E-state index contributed by atoms with van der Waals surface area (Å²) in [5.74, 6) is 2.35. The molecule has 1 fully saturated rings. The van der Waals surface area contributed by atoms with Crippen LogP contribution in [0.5, 0.6) is 0 Å². The Bertz CT molecular complexity index is 707. The Hall–Kier alpha value is -2.23. The van der Waals surface area contributed by atoms with Gasteiger partial charge in [-0.2, -0.15) is 5.10 Å². The lowest BCUT2D eigenvalue weighted by molar-refractivity contribution is 0.935. The van der Waals surface area contributed by atoms with Crippen molar-refractivity contribution in [3.05, 3.63) is 42.4 Å². The molecule has 0 atom stereocenters. The number of hydrogen-bond acceptors (Lipinski definition) is 3. The van der Waals surface area contributed by atoms with Crippen molar-refractivity contribution in [1.82, 2.24) is 20.2 Å². The summed E-state index contributed by atoms with van der Waals surface area (Å²) in [5.41, 5.74) is 1.96. The fourth-order valence-corrected chi connectivity index (χ4v) is 2.22. The highest BCUT2D eigenvalue weighted by Gasteiger charge is 2.27. The Labute approximate surface area is 104 Å². The molecule has 0 spiro atoms. The topological polar surface area (TPSA) is 54.5 Å². The van der Waals surface area contributed by atoms with Gasteiger partial charge in [-0.25, -0.2) is 4.98 Å². The molecule has 0 unspecified atom stereocenters. The number of aromatic amines is 1. The Balaban J connectivity index is 1.89. The minimum atomic E-state index is 0.592. The summed E-state index contributed by atoms with van der Waals surface area (Å²) in [4.78, 5) is 9.02. The quantitative estimate of drug-likeness (QED) is 0.744. The lowest BCUT2D eigenvalue weighted by Crippen LogP contribution is -1.86. The van der Waals surface area contributed by atoms with Crippen LogP contribution in [0.15, 0.2) is 36.5 Å². The van der Waals surface area contributed by atoms with E-state index in [0.717, 1.165) is 28.1 Å². The molecule has 18 heavy (non-hydrogen) atoms. The number of pyridine rings is 1. The monoisotopic (exact) mass is 236 g/mol. The Morgan fingerprint density at radius 1 is 1.11 bits per heavy atom.